The third-order valence-electron chi connectivity index (χ3n) is 2.01. The Morgan fingerprint density at radius 3 is 2.87 bits per heavy atom. The van der Waals surface area contributed by atoms with Crippen molar-refractivity contribution in [2.75, 3.05) is 12.4 Å². The molecule has 1 aromatic carbocycles. The second kappa shape index (κ2) is 5.95. The lowest BCUT2D eigenvalue weighted by Crippen LogP contribution is -2.26. The number of nitrogens with one attached hydrogen (secondary N) is 2. The van der Waals surface area contributed by atoms with Gasteiger partial charge in [0.2, 0.25) is 5.91 Å². The van der Waals surface area contributed by atoms with Gasteiger partial charge in [-0.05, 0) is 47.7 Å². The number of hydrogen-bond acceptors (Lipinski definition) is 2. The fourth-order valence-corrected chi connectivity index (χ4v) is 1.84. The summed E-state index contributed by atoms with van der Waals surface area (Å²) < 4.78 is 1.18. The van der Waals surface area contributed by atoms with Gasteiger partial charge in [0.1, 0.15) is 0 Å². The summed E-state index contributed by atoms with van der Waals surface area (Å²) >= 11 is 2.27. The molecule has 0 bridgehead atoms. The first-order valence-corrected chi connectivity index (χ1v) is 5.92. The number of anilines is 1. The maximum Gasteiger partial charge on any atom is 0.221 e. The maximum absolute atomic E-state index is 11.1. The molecule has 0 aromatic heterocycles. The van der Waals surface area contributed by atoms with E-state index in [0.717, 1.165) is 5.69 Å². The summed E-state index contributed by atoms with van der Waals surface area (Å²) in [5, 5.41) is 5.89. The Balaban J connectivity index is 2.51. The van der Waals surface area contributed by atoms with Gasteiger partial charge in [0.15, 0.2) is 0 Å². The molecule has 1 aromatic rings. The number of halogens is 1. The van der Waals surface area contributed by atoms with E-state index in [1.807, 2.05) is 25.1 Å². The molecule has 0 radical (unpaired) electrons. The standard InChI is InChI=1S/C11H15IN2O/c1-8(6-11(15)13-2)14-10-5-3-4-9(12)7-10/h3-5,7-8,14H,6H2,1-2H3,(H,13,15). The van der Waals surface area contributed by atoms with Crippen molar-refractivity contribution in [1.29, 1.82) is 0 Å². The van der Waals surface area contributed by atoms with Crippen LogP contribution in [0.5, 0.6) is 0 Å². The maximum atomic E-state index is 11.1. The average molecular weight is 318 g/mol. The molecule has 0 aliphatic rings. The molecular weight excluding hydrogens is 303 g/mol. The summed E-state index contributed by atoms with van der Waals surface area (Å²) in [5.41, 5.74) is 1.05. The highest BCUT2D eigenvalue weighted by molar-refractivity contribution is 14.1. The Labute approximate surface area is 104 Å². The van der Waals surface area contributed by atoms with Crippen molar-refractivity contribution in [1.82, 2.24) is 5.32 Å². The minimum atomic E-state index is 0.0561. The van der Waals surface area contributed by atoms with E-state index >= 15 is 0 Å². The minimum Gasteiger partial charge on any atom is -0.382 e. The van der Waals surface area contributed by atoms with Gasteiger partial charge in [-0.1, -0.05) is 6.07 Å². The minimum absolute atomic E-state index is 0.0561. The van der Waals surface area contributed by atoms with Crippen LogP contribution in [0.4, 0.5) is 5.69 Å². The van der Waals surface area contributed by atoms with Crippen LogP contribution in [0.15, 0.2) is 24.3 Å². The third kappa shape index (κ3) is 4.51. The van der Waals surface area contributed by atoms with Crippen molar-refractivity contribution >= 4 is 34.2 Å². The summed E-state index contributed by atoms with van der Waals surface area (Å²) in [5.74, 6) is 0.0561. The lowest BCUT2D eigenvalue weighted by Gasteiger charge is -2.14. The van der Waals surface area contributed by atoms with Crippen LogP contribution >= 0.6 is 22.6 Å². The zero-order valence-electron chi connectivity index (χ0n) is 8.88. The third-order valence-corrected chi connectivity index (χ3v) is 2.68. The van der Waals surface area contributed by atoms with E-state index in [1.54, 1.807) is 7.05 Å². The normalized spacial score (nSPS) is 11.9. The molecule has 0 heterocycles. The fourth-order valence-electron chi connectivity index (χ4n) is 1.29. The zero-order chi connectivity index (χ0) is 11.3. The Kier molecular flexibility index (Phi) is 4.87. The van der Waals surface area contributed by atoms with Gasteiger partial charge in [-0.15, -0.1) is 0 Å². The number of benzene rings is 1. The van der Waals surface area contributed by atoms with E-state index in [1.165, 1.54) is 3.57 Å². The summed E-state index contributed by atoms with van der Waals surface area (Å²) in [4.78, 5) is 11.1. The van der Waals surface area contributed by atoms with Crippen molar-refractivity contribution in [3.63, 3.8) is 0 Å². The Morgan fingerprint density at radius 1 is 1.53 bits per heavy atom. The largest absolute Gasteiger partial charge is 0.382 e. The second-order valence-corrected chi connectivity index (χ2v) is 4.68. The second-order valence-electron chi connectivity index (χ2n) is 3.43. The first kappa shape index (κ1) is 12.3. The monoisotopic (exact) mass is 318 g/mol. The summed E-state index contributed by atoms with van der Waals surface area (Å²) in [6, 6.07) is 8.23. The van der Waals surface area contributed by atoms with Crippen molar-refractivity contribution in [2.24, 2.45) is 0 Å². The molecule has 4 heteroatoms. The van der Waals surface area contributed by atoms with Gasteiger partial charge in [0.05, 0.1) is 0 Å². The van der Waals surface area contributed by atoms with Crippen molar-refractivity contribution in [3.8, 4) is 0 Å². The zero-order valence-corrected chi connectivity index (χ0v) is 11.0. The van der Waals surface area contributed by atoms with Gasteiger partial charge >= 0.3 is 0 Å². The van der Waals surface area contributed by atoms with Crippen LogP contribution < -0.4 is 10.6 Å². The first-order valence-electron chi connectivity index (χ1n) is 4.84. The van der Waals surface area contributed by atoms with Crippen LogP contribution in [0, 0.1) is 3.57 Å². The van der Waals surface area contributed by atoms with Crippen LogP contribution in [0.3, 0.4) is 0 Å². The molecule has 1 rings (SSSR count). The van der Waals surface area contributed by atoms with Gasteiger partial charge in [0.25, 0.3) is 0 Å². The van der Waals surface area contributed by atoms with Crippen LogP contribution in [0.25, 0.3) is 0 Å². The van der Waals surface area contributed by atoms with Crippen LogP contribution in [0.1, 0.15) is 13.3 Å². The van der Waals surface area contributed by atoms with Crippen molar-refractivity contribution < 1.29 is 4.79 Å². The molecule has 1 unspecified atom stereocenters. The van der Waals surface area contributed by atoms with Gasteiger partial charge < -0.3 is 10.6 Å². The van der Waals surface area contributed by atoms with E-state index in [9.17, 15) is 4.79 Å². The number of carbonyl (C=O) groups is 1. The van der Waals surface area contributed by atoms with E-state index in [2.05, 4.69) is 39.3 Å². The topological polar surface area (TPSA) is 41.1 Å². The molecule has 0 aliphatic carbocycles. The SMILES string of the molecule is CNC(=O)CC(C)Nc1cccc(I)c1. The smallest absolute Gasteiger partial charge is 0.221 e. The Hall–Kier alpha value is -0.780. The fraction of sp³-hybridized carbons (Fsp3) is 0.364. The number of rotatable bonds is 4. The molecule has 1 atom stereocenters. The molecular formula is C11H15IN2O. The van der Waals surface area contributed by atoms with Crippen molar-refractivity contribution in [2.45, 2.75) is 19.4 Å². The van der Waals surface area contributed by atoms with Gasteiger partial charge in [-0.25, -0.2) is 0 Å². The van der Waals surface area contributed by atoms with Crippen LogP contribution in [-0.2, 0) is 4.79 Å². The van der Waals surface area contributed by atoms with Gasteiger partial charge in [0, 0.05) is 28.8 Å². The lowest BCUT2D eigenvalue weighted by molar-refractivity contribution is -0.120. The van der Waals surface area contributed by atoms with Gasteiger partial charge in [-0.2, -0.15) is 0 Å². The van der Waals surface area contributed by atoms with Crippen LogP contribution in [-0.4, -0.2) is 19.0 Å². The van der Waals surface area contributed by atoms with Gasteiger partial charge in [-0.3, -0.25) is 4.79 Å². The van der Waals surface area contributed by atoms with Crippen molar-refractivity contribution in [3.05, 3.63) is 27.8 Å². The summed E-state index contributed by atoms with van der Waals surface area (Å²) in [6.45, 7) is 2.00. The highest BCUT2D eigenvalue weighted by Gasteiger charge is 2.06. The molecule has 15 heavy (non-hydrogen) atoms. The predicted molar refractivity (Wildman–Crippen MR) is 70.9 cm³/mol. The highest BCUT2D eigenvalue weighted by Crippen LogP contribution is 2.13. The molecule has 0 fully saturated rings. The number of hydrogen-bond donors (Lipinski definition) is 2. The molecule has 0 aliphatic heterocycles. The summed E-state index contributed by atoms with van der Waals surface area (Å²) in [6.07, 6.45) is 0.488. The Bertz CT molecular complexity index is 341. The Morgan fingerprint density at radius 2 is 2.27 bits per heavy atom. The molecule has 1 amide bonds. The molecule has 0 spiro atoms. The predicted octanol–water partition coefficient (Wildman–Crippen LogP) is 2.23. The van der Waals surface area contributed by atoms with E-state index in [0.29, 0.717) is 6.42 Å². The average Bonchev–Trinajstić information content (AvgIpc) is 2.17. The number of amides is 1. The molecule has 82 valence electrons. The summed E-state index contributed by atoms with van der Waals surface area (Å²) in [7, 11) is 1.65. The molecule has 0 saturated heterocycles. The van der Waals surface area contributed by atoms with Crippen LogP contribution in [0.2, 0.25) is 0 Å². The lowest BCUT2D eigenvalue weighted by atomic mass is 10.2. The quantitative estimate of drug-likeness (QED) is 0.836. The van der Waals surface area contributed by atoms with E-state index < -0.39 is 0 Å². The molecule has 3 nitrogen and oxygen atoms in total. The van der Waals surface area contributed by atoms with E-state index in [-0.39, 0.29) is 11.9 Å². The molecule has 0 saturated carbocycles. The molecule has 2 N–H and O–H groups in total. The van der Waals surface area contributed by atoms with E-state index in [4.69, 9.17) is 0 Å². The first-order chi connectivity index (χ1) is 7.11. The highest BCUT2D eigenvalue weighted by atomic mass is 127. The number of carbonyl (C=O) groups excluding carboxylic acids is 1.